The van der Waals surface area contributed by atoms with E-state index in [1.165, 1.54) is 10.6 Å². The first-order chi connectivity index (χ1) is 15.1. The minimum absolute atomic E-state index is 0.259. The first kappa shape index (κ1) is 24.9. The Morgan fingerprint density at radius 3 is 2.44 bits per heavy atom. The highest BCUT2D eigenvalue weighted by atomic mass is 35.5. The van der Waals surface area contributed by atoms with Crippen LogP contribution in [0.3, 0.4) is 0 Å². The summed E-state index contributed by atoms with van der Waals surface area (Å²) in [5, 5.41) is 12.7. The second-order valence-electron chi connectivity index (χ2n) is 7.64. The van der Waals surface area contributed by atoms with E-state index in [9.17, 15) is 22.7 Å². The molecule has 32 heavy (non-hydrogen) atoms. The zero-order valence-corrected chi connectivity index (χ0v) is 19.6. The van der Waals surface area contributed by atoms with E-state index in [1.807, 2.05) is 12.1 Å². The monoisotopic (exact) mass is 503 g/mol. The minimum Gasteiger partial charge on any atom is -0.386 e. The van der Waals surface area contributed by atoms with Crippen LogP contribution in [0.5, 0.6) is 0 Å². The fraction of sp³-hybridized carbons (Fsp3) is 0.429. The van der Waals surface area contributed by atoms with Crippen LogP contribution < -0.4 is 5.32 Å². The summed E-state index contributed by atoms with van der Waals surface area (Å²) in [6.45, 7) is -0.500. The number of sulfonamides is 1. The molecule has 0 bridgehead atoms. The van der Waals surface area contributed by atoms with Crippen molar-refractivity contribution in [2.75, 3.05) is 19.5 Å². The zero-order chi connectivity index (χ0) is 23.5. The lowest BCUT2D eigenvalue weighted by Crippen LogP contribution is -2.43. The maximum Gasteiger partial charge on any atom is 0.253 e. The molecule has 3 rings (SSSR count). The van der Waals surface area contributed by atoms with Gasteiger partial charge in [-0.2, -0.15) is 4.31 Å². The van der Waals surface area contributed by atoms with Crippen molar-refractivity contribution in [3.63, 3.8) is 0 Å². The number of pyridine rings is 1. The van der Waals surface area contributed by atoms with Crippen molar-refractivity contribution in [2.24, 2.45) is 0 Å². The van der Waals surface area contributed by atoms with Crippen molar-refractivity contribution in [3.05, 3.63) is 53.9 Å². The predicted octanol–water partition coefficient (Wildman–Crippen LogP) is 3.14. The van der Waals surface area contributed by atoms with Gasteiger partial charge in [0.1, 0.15) is 12.8 Å². The van der Waals surface area contributed by atoms with Crippen LogP contribution in [-0.2, 0) is 14.8 Å². The van der Waals surface area contributed by atoms with Gasteiger partial charge in [-0.1, -0.05) is 53.5 Å². The second kappa shape index (κ2) is 10.4. The first-order valence-electron chi connectivity index (χ1n) is 9.97. The van der Waals surface area contributed by atoms with E-state index in [1.54, 1.807) is 30.5 Å². The third-order valence-electron chi connectivity index (χ3n) is 5.42. The maximum absolute atomic E-state index is 13.3. The molecule has 1 aromatic carbocycles. The van der Waals surface area contributed by atoms with Gasteiger partial charge in [-0.05, 0) is 30.0 Å². The van der Waals surface area contributed by atoms with Crippen molar-refractivity contribution < 1.29 is 22.7 Å². The Kier molecular flexibility index (Phi) is 8.11. The highest BCUT2D eigenvalue weighted by Gasteiger charge is 2.33. The van der Waals surface area contributed by atoms with Crippen molar-refractivity contribution >= 4 is 39.1 Å². The molecule has 3 atom stereocenters. The molecule has 0 spiro atoms. The average molecular weight is 504 g/mol. The Bertz CT molecular complexity index is 1040. The normalized spacial score (nSPS) is 19.1. The number of amides is 1. The van der Waals surface area contributed by atoms with Crippen molar-refractivity contribution in [1.29, 1.82) is 0 Å². The van der Waals surface area contributed by atoms with Gasteiger partial charge in [0.15, 0.2) is 4.84 Å². The Hall–Kier alpha value is -1.78. The number of benzene rings is 1. The summed E-state index contributed by atoms with van der Waals surface area (Å²) in [6, 6.07) is 8.98. The van der Waals surface area contributed by atoms with E-state index in [2.05, 4.69) is 10.3 Å². The summed E-state index contributed by atoms with van der Waals surface area (Å²) in [5.41, 5.74) is 2.73. The SMILES string of the molecule is CS(=O)(=O)N1CCCC1c1ccc(-c2ccc([C@H](O)[C@@H](CF)NC(=O)C(Cl)Cl)cc2)cn1. The second-order valence-corrected chi connectivity index (χ2v) is 10.7. The van der Waals surface area contributed by atoms with Crippen molar-refractivity contribution in [1.82, 2.24) is 14.6 Å². The number of alkyl halides is 3. The fourth-order valence-electron chi connectivity index (χ4n) is 3.76. The number of aliphatic hydroxyl groups excluding tert-OH is 1. The third-order valence-corrected chi connectivity index (χ3v) is 7.10. The number of carbonyl (C=O) groups excluding carboxylic acids is 1. The minimum atomic E-state index is -3.29. The van der Waals surface area contributed by atoms with Gasteiger partial charge < -0.3 is 10.4 Å². The topological polar surface area (TPSA) is 99.6 Å². The van der Waals surface area contributed by atoms with Crippen LogP contribution in [0.4, 0.5) is 4.39 Å². The molecule has 0 radical (unpaired) electrons. The van der Waals surface area contributed by atoms with E-state index in [4.69, 9.17) is 23.2 Å². The highest BCUT2D eigenvalue weighted by Crippen LogP contribution is 2.33. The van der Waals surface area contributed by atoms with E-state index in [0.717, 1.165) is 24.0 Å². The summed E-state index contributed by atoms with van der Waals surface area (Å²) < 4.78 is 38.7. The highest BCUT2D eigenvalue weighted by molar-refractivity contribution is 7.88. The Balaban J connectivity index is 1.73. The molecule has 2 N–H and O–H groups in total. The van der Waals surface area contributed by atoms with Gasteiger partial charge in [-0.3, -0.25) is 9.78 Å². The molecular weight excluding hydrogens is 480 g/mol. The largest absolute Gasteiger partial charge is 0.386 e. The van der Waals surface area contributed by atoms with Gasteiger partial charge in [0, 0.05) is 18.3 Å². The lowest BCUT2D eigenvalue weighted by Gasteiger charge is -2.22. The average Bonchev–Trinajstić information content (AvgIpc) is 3.28. The summed E-state index contributed by atoms with van der Waals surface area (Å²) in [5.74, 6) is -0.783. The molecule has 1 aromatic heterocycles. The summed E-state index contributed by atoms with van der Waals surface area (Å²) in [6.07, 6.45) is 3.12. The molecule has 2 aromatic rings. The van der Waals surface area contributed by atoms with Gasteiger partial charge in [0.2, 0.25) is 10.0 Å². The molecule has 7 nitrogen and oxygen atoms in total. The molecule has 1 unspecified atom stereocenters. The molecule has 1 aliphatic heterocycles. The number of carbonyl (C=O) groups is 1. The molecule has 1 fully saturated rings. The van der Waals surface area contributed by atoms with E-state index < -0.39 is 39.6 Å². The number of nitrogens with zero attached hydrogens (tertiary/aromatic N) is 2. The number of aliphatic hydroxyl groups is 1. The molecule has 0 aliphatic carbocycles. The van der Waals surface area contributed by atoms with Crippen LogP contribution in [-0.4, -0.2) is 59.1 Å². The molecule has 0 saturated carbocycles. The number of nitrogens with one attached hydrogen (secondary N) is 1. The van der Waals surface area contributed by atoms with Gasteiger partial charge in [-0.15, -0.1) is 0 Å². The molecule has 1 saturated heterocycles. The quantitative estimate of drug-likeness (QED) is 0.539. The molecular formula is C21H24Cl2FN3O4S. The van der Waals surface area contributed by atoms with Crippen LogP contribution in [0.25, 0.3) is 11.1 Å². The van der Waals surface area contributed by atoms with Crippen LogP contribution in [0.15, 0.2) is 42.6 Å². The number of halogens is 3. The molecule has 2 heterocycles. The van der Waals surface area contributed by atoms with E-state index in [0.29, 0.717) is 17.8 Å². The summed E-state index contributed by atoms with van der Waals surface area (Å²) in [4.78, 5) is 14.7. The van der Waals surface area contributed by atoms with Crippen LogP contribution in [0.1, 0.15) is 36.2 Å². The van der Waals surface area contributed by atoms with Gasteiger partial charge in [0.05, 0.1) is 24.0 Å². The Morgan fingerprint density at radius 2 is 1.91 bits per heavy atom. The summed E-state index contributed by atoms with van der Waals surface area (Å²) >= 11 is 10.9. The third kappa shape index (κ3) is 5.77. The van der Waals surface area contributed by atoms with Crippen molar-refractivity contribution in [3.8, 4) is 11.1 Å². The molecule has 1 amide bonds. The summed E-state index contributed by atoms with van der Waals surface area (Å²) in [7, 11) is -3.29. The Morgan fingerprint density at radius 1 is 1.25 bits per heavy atom. The molecule has 11 heteroatoms. The maximum atomic E-state index is 13.3. The lowest BCUT2D eigenvalue weighted by molar-refractivity contribution is -0.121. The van der Waals surface area contributed by atoms with Gasteiger partial charge >= 0.3 is 0 Å². The van der Waals surface area contributed by atoms with Crippen LogP contribution in [0, 0.1) is 0 Å². The molecule has 174 valence electrons. The van der Waals surface area contributed by atoms with Gasteiger partial charge in [-0.25, -0.2) is 12.8 Å². The number of rotatable bonds is 8. The van der Waals surface area contributed by atoms with Crippen LogP contribution in [0.2, 0.25) is 0 Å². The molecule has 1 aliphatic rings. The van der Waals surface area contributed by atoms with Crippen LogP contribution >= 0.6 is 23.2 Å². The number of hydrogen-bond acceptors (Lipinski definition) is 5. The smallest absolute Gasteiger partial charge is 0.253 e. The lowest BCUT2D eigenvalue weighted by atomic mass is 9.99. The standard InChI is InChI=1S/C21H24Cl2FN3O4S/c1-32(30,31)27-10-2-3-18(27)16-9-8-15(12-25-16)13-4-6-14(7-5-13)19(28)17(11-24)26-21(29)20(22)23/h4-9,12,17-20,28H,2-3,10-11H2,1H3,(H,26,29)/t17-,18?,19+/m1/s1. The van der Waals surface area contributed by atoms with Gasteiger partial charge in [0.25, 0.3) is 5.91 Å². The zero-order valence-electron chi connectivity index (χ0n) is 17.3. The number of aromatic nitrogens is 1. The Labute approximate surface area is 196 Å². The van der Waals surface area contributed by atoms with Crippen molar-refractivity contribution in [2.45, 2.75) is 35.9 Å². The van der Waals surface area contributed by atoms with E-state index in [-0.39, 0.29) is 6.04 Å². The van der Waals surface area contributed by atoms with E-state index >= 15 is 0 Å². The number of hydrogen-bond donors (Lipinski definition) is 2. The first-order valence-corrected chi connectivity index (χ1v) is 12.7. The predicted molar refractivity (Wildman–Crippen MR) is 122 cm³/mol. The fourth-order valence-corrected chi connectivity index (χ4v) is 5.02.